The van der Waals surface area contributed by atoms with Gasteiger partial charge in [-0.25, -0.2) is 0 Å². The van der Waals surface area contributed by atoms with E-state index >= 15 is 0 Å². The molecule has 0 aliphatic heterocycles. The van der Waals surface area contributed by atoms with Gasteiger partial charge in [0.2, 0.25) is 0 Å². The van der Waals surface area contributed by atoms with Crippen molar-refractivity contribution in [1.82, 2.24) is 4.90 Å². The quantitative estimate of drug-likeness (QED) is 0.555. The minimum Gasteiger partial charge on any atom is -0.309 e. The van der Waals surface area contributed by atoms with E-state index in [2.05, 4.69) is 78.5 Å². The van der Waals surface area contributed by atoms with E-state index in [-0.39, 0.29) is 0 Å². The van der Waals surface area contributed by atoms with Crippen molar-refractivity contribution in [1.29, 1.82) is 0 Å². The molecule has 5 heteroatoms. The Morgan fingerprint density at radius 3 is 1.96 bits per heavy atom. The van der Waals surface area contributed by atoms with Crippen LogP contribution in [0.3, 0.4) is 0 Å². The topological polar surface area (TPSA) is 3.24 Å². The molecule has 0 fully saturated rings. The molecule has 0 N–H and O–H groups in total. The van der Waals surface area contributed by atoms with Gasteiger partial charge in [-0.3, -0.25) is 0 Å². The monoisotopic (exact) mass is 371 g/mol. The summed E-state index contributed by atoms with van der Waals surface area (Å²) in [4.78, 5) is 3.67. The van der Waals surface area contributed by atoms with Gasteiger partial charge in [-0.2, -0.15) is 22.7 Å². The van der Waals surface area contributed by atoms with Gasteiger partial charge < -0.3 is 4.90 Å². The first-order valence-electron chi connectivity index (χ1n) is 8.12. The number of hydrogen-bond acceptors (Lipinski definition) is 4. The Morgan fingerprint density at radius 1 is 0.917 bits per heavy atom. The molecular formula is C19H22BNS3. The maximum atomic E-state index is 2.31. The summed E-state index contributed by atoms with van der Waals surface area (Å²) in [6.45, 7) is 3.75. The number of rotatable bonds is 7. The van der Waals surface area contributed by atoms with Gasteiger partial charge in [-0.1, -0.05) is 41.4 Å². The Kier molecular flexibility index (Phi) is 6.11. The van der Waals surface area contributed by atoms with Crippen LogP contribution in [-0.2, 0) is 0 Å². The van der Waals surface area contributed by atoms with Crippen molar-refractivity contribution < 1.29 is 0 Å². The first kappa shape index (κ1) is 17.7. The van der Waals surface area contributed by atoms with Gasteiger partial charge in [-0.05, 0) is 59.2 Å². The third-order valence-electron chi connectivity index (χ3n) is 4.12. The van der Waals surface area contributed by atoms with Gasteiger partial charge in [0, 0.05) is 11.4 Å². The van der Waals surface area contributed by atoms with Crippen LogP contribution in [0.4, 0.5) is 0 Å². The lowest BCUT2D eigenvalue weighted by molar-refractivity contribution is 0.413. The molecule has 3 heterocycles. The third-order valence-corrected chi connectivity index (χ3v) is 6.90. The molecular weight excluding hydrogens is 349 g/mol. The van der Waals surface area contributed by atoms with E-state index in [9.17, 15) is 0 Å². The largest absolute Gasteiger partial charge is 0.309 e. The maximum absolute atomic E-state index is 2.31. The zero-order valence-corrected chi connectivity index (χ0v) is 16.8. The molecule has 0 amide bonds. The predicted molar refractivity (Wildman–Crippen MR) is 114 cm³/mol. The molecule has 0 unspecified atom stereocenters. The second-order valence-electron chi connectivity index (χ2n) is 6.19. The molecule has 0 aliphatic carbocycles. The molecule has 0 atom stereocenters. The summed E-state index contributed by atoms with van der Waals surface area (Å²) in [5, 5.41) is 6.57. The van der Waals surface area contributed by atoms with Gasteiger partial charge >= 0.3 is 0 Å². The molecule has 0 radical (unpaired) electrons. The molecule has 24 heavy (non-hydrogen) atoms. The Bertz CT molecular complexity index is 722. The molecule has 0 saturated heterocycles. The highest BCUT2D eigenvalue weighted by Crippen LogP contribution is 2.29. The molecule has 0 saturated carbocycles. The van der Waals surface area contributed by atoms with E-state index in [0.29, 0.717) is 6.71 Å². The molecule has 0 aromatic carbocycles. The number of thiophene rings is 3. The maximum Gasteiger partial charge on any atom is 0.267 e. The van der Waals surface area contributed by atoms with Crippen LogP contribution in [0.1, 0.15) is 18.2 Å². The fraction of sp³-hybridized carbons (Fsp3) is 0.263. The summed E-state index contributed by atoms with van der Waals surface area (Å²) < 4.78 is 2.87. The molecule has 3 aromatic heterocycles. The summed E-state index contributed by atoms with van der Waals surface area (Å²) in [7, 11) is 4.29. The van der Waals surface area contributed by atoms with Crippen LogP contribution in [0.15, 0.2) is 58.1 Å². The second kappa shape index (κ2) is 8.30. The van der Waals surface area contributed by atoms with E-state index in [4.69, 9.17) is 0 Å². The molecule has 3 rings (SSSR count). The third kappa shape index (κ3) is 4.09. The molecule has 0 spiro atoms. The number of hydrogen-bond donors (Lipinski definition) is 0. The van der Waals surface area contributed by atoms with E-state index in [1.807, 2.05) is 34.0 Å². The van der Waals surface area contributed by atoms with Crippen molar-refractivity contribution in [2.45, 2.75) is 13.3 Å². The van der Waals surface area contributed by atoms with E-state index in [0.717, 1.165) is 13.0 Å². The first-order valence-corrected chi connectivity index (χ1v) is 10.8. The molecule has 124 valence electrons. The lowest BCUT2D eigenvalue weighted by Crippen LogP contribution is -2.40. The highest BCUT2D eigenvalue weighted by atomic mass is 32.1. The van der Waals surface area contributed by atoms with Crippen molar-refractivity contribution >= 4 is 55.7 Å². The minimum atomic E-state index is 0.353. The normalized spacial score (nSPS) is 12.5. The summed E-state index contributed by atoms with van der Waals surface area (Å²) >= 11 is 5.58. The van der Waals surface area contributed by atoms with Crippen molar-refractivity contribution in [3.8, 4) is 0 Å². The molecule has 1 nitrogen and oxygen atoms in total. The highest BCUT2D eigenvalue weighted by molar-refractivity contribution is 7.35. The Hall–Kier alpha value is -1.14. The summed E-state index contributed by atoms with van der Waals surface area (Å²) in [5.41, 5.74) is 3.00. The minimum absolute atomic E-state index is 0.353. The summed E-state index contributed by atoms with van der Waals surface area (Å²) in [6.07, 6.45) is 1.10. The Labute approximate surface area is 157 Å². The first-order chi connectivity index (χ1) is 11.7. The van der Waals surface area contributed by atoms with Crippen LogP contribution in [0.5, 0.6) is 0 Å². The van der Waals surface area contributed by atoms with Crippen LogP contribution < -0.4 is 9.55 Å². The predicted octanol–water partition coefficient (Wildman–Crippen LogP) is 4.44. The average Bonchev–Trinajstić information content (AvgIpc) is 3.33. The van der Waals surface area contributed by atoms with Crippen LogP contribution in [0, 0.1) is 0 Å². The highest BCUT2D eigenvalue weighted by Gasteiger charge is 2.29. The number of nitrogens with zero attached hydrogens (tertiary/aromatic N) is 1. The zero-order valence-electron chi connectivity index (χ0n) is 14.4. The molecule has 3 aromatic rings. The SMILES string of the molecule is C/C(CCN(C)C)=C(/B(c1cccs1)c1cccs1)c1cccs1. The fourth-order valence-corrected chi connectivity index (χ4v) is 5.55. The summed E-state index contributed by atoms with van der Waals surface area (Å²) in [5.74, 6) is 0. The van der Waals surface area contributed by atoms with Gasteiger partial charge in [-0.15, -0.1) is 11.3 Å². The van der Waals surface area contributed by atoms with Crippen molar-refractivity contribution in [3.05, 3.63) is 63.0 Å². The Morgan fingerprint density at radius 2 is 1.50 bits per heavy atom. The summed E-state index contributed by atoms with van der Waals surface area (Å²) in [6, 6.07) is 13.3. The lowest BCUT2D eigenvalue weighted by atomic mass is 9.41. The smallest absolute Gasteiger partial charge is 0.267 e. The Balaban J connectivity index is 2.10. The van der Waals surface area contributed by atoms with Crippen molar-refractivity contribution in [3.63, 3.8) is 0 Å². The standard InChI is InChI=1S/C19H22BNS3/c1-15(10-11-21(2)3)19(16-7-4-12-22-16)20(17-8-5-13-23-17)18-9-6-14-24-18/h4-9,12-14H,10-11H2,1-3H3/b19-15-. The molecule has 0 bridgehead atoms. The van der Waals surface area contributed by atoms with Gasteiger partial charge in [0.15, 0.2) is 0 Å². The van der Waals surface area contributed by atoms with Crippen LogP contribution in [0.25, 0.3) is 5.47 Å². The van der Waals surface area contributed by atoms with Gasteiger partial charge in [0.1, 0.15) is 0 Å². The molecule has 0 aliphatic rings. The van der Waals surface area contributed by atoms with Crippen LogP contribution >= 0.6 is 34.0 Å². The van der Waals surface area contributed by atoms with Crippen LogP contribution in [-0.4, -0.2) is 32.3 Å². The van der Waals surface area contributed by atoms with Gasteiger partial charge in [0.25, 0.3) is 6.71 Å². The average molecular weight is 371 g/mol. The second-order valence-corrected chi connectivity index (χ2v) is 9.09. The van der Waals surface area contributed by atoms with Crippen molar-refractivity contribution in [2.75, 3.05) is 20.6 Å². The van der Waals surface area contributed by atoms with E-state index in [1.165, 1.54) is 25.5 Å². The fourth-order valence-electron chi connectivity index (χ4n) is 2.89. The van der Waals surface area contributed by atoms with E-state index < -0.39 is 0 Å². The lowest BCUT2D eigenvalue weighted by Gasteiger charge is -2.19. The zero-order chi connectivity index (χ0) is 16.9. The van der Waals surface area contributed by atoms with Crippen molar-refractivity contribution in [2.24, 2.45) is 0 Å². The van der Waals surface area contributed by atoms with Crippen LogP contribution in [0.2, 0.25) is 0 Å². The van der Waals surface area contributed by atoms with E-state index in [1.54, 1.807) is 0 Å². The van der Waals surface area contributed by atoms with Gasteiger partial charge in [0.05, 0.1) is 0 Å².